The molecule has 2 saturated heterocycles. The molecule has 150 valence electrons. The number of aromatic nitrogens is 2. The van der Waals surface area contributed by atoms with Gasteiger partial charge in [-0.2, -0.15) is 13.2 Å². The van der Waals surface area contributed by atoms with Crippen molar-refractivity contribution in [3.63, 3.8) is 0 Å². The van der Waals surface area contributed by atoms with Crippen molar-refractivity contribution in [1.82, 2.24) is 25.5 Å². The van der Waals surface area contributed by atoms with Crippen LogP contribution in [-0.4, -0.2) is 78.8 Å². The summed E-state index contributed by atoms with van der Waals surface area (Å²) in [4.78, 5) is 24.2. The van der Waals surface area contributed by atoms with Gasteiger partial charge < -0.3 is 15.5 Å². The Labute approximate surface area is 156 Å². The van der Waals surface area contributed by atoms with Gasteiger partial charge in [0.2, 0.25) is 5.95 Å². The zero-order chi connectivity index (χ0) is 19.3. The van der Waals surface area contributed by atoms with Crippen molar-refractivity contribution in [2.45, 2.75) is 31.5 Å². The molecule has 2 fully saturated rings. The molecular weight excluding hydrogens is 361 g/mol. The van der Waals surface area contributed by atoms with E-state index < -0.39 is 24.7 Å². The van der Waals surface area contributed by atoms with Crippen LogP contribution in [0, 0.1) is 0 Å². The van der Waals surface area contributed by atoms with Gasteiger partial charge in [0.05, 0.1) is 0 Å². The van der Waals surface area contributed by atoms with Gasteiger partial charge in [0.25, 0.3) is 5.91 Å². The summed E-state index contributed by atoms with van der Waals surface area (Å²) in [6.07, 6.45) is 0.301. The van der Waals surface area contributed by atoms with Crippen molar-refractivity contribution in [2.75, 3.05) is 50.7 Å². The number of piperazine rings is 1. The van der Waals surface area contributed by atoms with Gasteiger partial charge in [0, 0.05) is 52.0 Å². The first kappa shape index (κ1) is 19.8. The SMILES string of the molecule is O=C(NCC(N1CCNCC1)C(F)(F)F)c1ccnc(N2CCCCC2)n1. The van der Waals surface area contributed by atoms with Crippen LogP contribution in [0.15, 0.2) is 12.3 Å². The van der Waals surface area contributed by atoms with Gasteiger partial charge in [-0.05, 0) is 25.3 Å². The van der Waals surface area contributed by atoms with Crippen LogP contribution >= 0.6 is 0 Å². The van der Waals surface area contributed by atoms with E-state index in [4.69, 9.17) is 0 Å². The van der Waals surface area contributed by atoms with E-state index >= 15 is 0 Å². The van der Waals surface area contributed by atoms with Gasteiger partial charge in [-0.3, -0.25) is 9.69 Å². The number of rotatable bonds is 5. The Bertz CT molecular complexity index is 629. The predicted molar refractivity (Wildman–Crippen MR) is 94.7 cm³/mol. The molecule has 2 N–H and O–H groups in total. The van der Waals surface area contributed by atoms with Crippen LogP contribution < -0.4 is 15.5 Å². The minimum Gasteiger partial charge on any atom is -0.349 e. The van der Waals surface area contributed by atoms with E-state index in [1.807, 2.05) is 4.90 Å². The summed E-state index contributed by atoms with van der Waals surface area (Å²) >= 11 is 0. The Kier molecular flexibility index (Phi) is 6.48. The van der Waals surface area contributed by atoms with Crippen molar-refractivity contribution in [1.29, 1.82) is 0 Å². The zero-order valence-corrected chi connectivity index (χ0v) is 15.1. The van der Waals surface area contributed by atoms with E-state index in [-0.39, 0.29) is 5.69 Å². The highest BCUT2D eigenvalue weighted by Crippen LogP contribution is 2.25. The molecule has 10 heteroatoms. The first-order chi connectivity index (χ1) is 12.9. The van der Waals surface area contributed by atoms with Crippen LogP contribution in [0.5, 0.6) is 0 Å². The maximum Gasteiger partial charge on any atom is 0.405 e. The van der Waals surface area contributed by atoms with Crippen molar-refractivity contribution in [2.24, 2.45) is 0 Å². The molecule has 27 heavy (non-hydrogen) atoms. The van der Waals surface area contributed by atoms with Gasteiger partial charge >= 0.3 is 6.18 Å². The maximum absolute atomic E-state index is 13.4. The summed E-state index contributed by atoms with van der Waals surface area (Å²) in [5.41, 5.74) is 0.0896. The third-order valence-corrected chi connectivity index (χ3v) is 4.94. The molecule has 2 aliphatic heterocycles. The Morgan fingerprint density at radius 1 is 1.19 bits per heavy atom. The Morgan fingerprint density at radius 2 is 1.89 bits per heavy atom. The fourth-order valence-corrected chi connectivity index (χ4v) is 3.45. The molecule has 1 atom stereocenters. The number of nitrogens with one attached hydrogen (secondary N) is 2. The van der Waals surface area contributed by atoms with Crippen molar-refractivity contribution < 1.29 is 18.0 Å². The fraction of sp³-hybridized carbons (Fsp3) is 0.706. The second-order valence-electron chi connectivity index (χ2n) is 6.84. The van der Waals surface area contributed by atoms with E-state index in [2.05, 4.69) is 20.6 Å². The summed E-state index contributed by atoms with van der Waals surface area (Å²) in [5.74, 6) is -0.156. The highest BCUT2D eigenvalue weighted by molar-refractivity contribution is 5.92. The van der Waals surface area contributed by atoms with Crippen LogP contribution in [0.4, 0.5) is 19.1 Å². The van der Waals surface area contributed by atoms with Crippen molar-refractivity contribution in [3.8, 4) is 0 Å². The monoisotopic (exact) mass is 386 g/mol. The number of carbonyl (C=O) groups excluding carboxylic acids is 1. The summed E-state index contributed by atoms with van der Waals surface area (Å²) in [6, 6.07) is -0.275. The minimum atomic E-state index is -4.41. The highest BCUT2D eigenvalue weighted by Gasteiger charge is 2.43. The van der Waals surface area contributed by atoms with E-state index in [0.717, 1.165) is 32.4 Å². The average Bonchev–Trinajstić information content (AvgIpc) is 2.68. The number of hydrogen-bond acceptors (Lipinski definition) is 6. The summed E-state index contributed by atoms with van der Waals surface area (Å²) in [5, 5.41) is 5.43. The lowest BCUT2D eigenvalue weighted by molar-refractivity contribution is -0.183. The Morgan fingerprint density at radius 3 is 2.56 bits per heavy atom. The standard InChI is InChI=1S/C17H25F3N6O/c18-17(19,20)14(25-10-6-21-7-11-25)12-23-15(27)13-4-5-22-16(24-13)26-8-2-1-3-9-26/h4-5,14,21H,1-3,6-12H2,(H,23,27). The predicted octanol–water partition coefficient (Wildman–Crippen LogP) is 1.03. The molecule has 0 bridgehead atoms. The largest absolute Gasteiger partial charge is 0.405 e. The number of nitrogens with zero attached hydrogens (tertiary/aromatic N) is 4. The molecule has 1 amide bonds. The molecule has 0 saturated carbocycles. The average molecular weight is 386 g/mol. The molecule has 7 nitrogen and oxygen atoms in total. The van der Waals surface area contributed by atoms with Crippen molar-refractivity contribution >= 4 is 11.9 Å². The molecule has 3 heterocycles. The third kappa shape index (κ3) is 5.29. The molecular formula is C17H25F3N6O. The first-order valence-electron chi connectivity index (χ1n) is 9.33. The lowest BCUT2D eigenvalue weighted by atomic mass is 10.1. The smallest absolute Gasteiger partial charge is 0.349 e. The lowest BCUT2D eigenvalue weighted by Crippen LogP contribution is -2.57. The Balaban J connectivity index is 1.63. The molecule has 0 spiro atoms. The highest BCUT2D eigenvalue weighted by atomic mass is 19.4. The number of carbonyl (C=O) groups is 1. The number of alkyl halides is 3. The molecule has 1 aromatic heterocycles. The molecule has 3 rings (SSSR count). The van der Waals surface area contributed by atoms with E-state index in [1.54, 1.807) is 0 Å². The number of hydrogen-bond donors (Lipinski definition) is 2. The lowest BCUT2D eigenvalue weighted by Gasteiger charge is -2.35. The van der Waals surface area contributed by atoms with Gasteiger partial charge in [-0.25, -0.2) is 9.97 Å². The molecule has 1 aromatic rings. The van der Waals surface area contributed by atoms with E-state index in [1.165, 1.54) is 17.2 Å². The third-order valence-electron chi connectivity index (χ3n) is 4.94. The molecule has 0 radical (unpaired) electrons. The molecule has 1 unspecified atom stereocenters. The summed E-state index contributed by atoms with van der Waals surface area (Å²) in [7, 11) is 0. The Hall–Kier alpha value is -1.94. The topological polar surface area (TPSA) is 73.4 Å². The van der Waals surface area contributed by atoms with Crippen LogP contribution in [-0.2, 0) is 0 Å². The summed E-state index contributed by atoms with van der Waals surface area (Å²) < 4.78 is 40.3. The van der Waals surface area contributed by atoms with Gasteiger partial charge in [-0.1, -0.05) is 0 Å². The number of amides is 1. The number of anilines is 1. The van der Waals surface area contributed by atoms with Gasteiger partial charge in [-0.15, -0.1) is 0 Å². The number of piperidine rings is 1. The van der Waals surface area contributed by atoms with Crippen LogP contribution in [0.3, 0.4) is 0 Å². The zero-order valence-electron chi connectivity index (χ0n) is 15.1. The second-order valence-corrected chi connectivity index (χ2v) is 6.84. The van der Waals surface area contributed by atoms with Gasteiger partial charge in [0.1, 0.15) is 11.7 Å². The molecule has 0 aromatic carbocycles. The quantitative estimate of drug-likeness (QED) is 0.788. The number of halogens is 3. The first-order valence-corrected chi connectivity index (χ1v) is 9.33. The fourth-order valence-electron chi connectivity index (χ4n) is 3.45. The van der Waals surface area contributed by atoms with Gasteiger partial charge in [0.15, 0.2) is 0 Å². The maximum atomic E-state index is 13.4. The van der Waals surface area contributed by atoms with Crippen LogP contribution in [0.1, 0.15) is 29.8 Å². The molecule has 2 aliphatic rings. The normalized spacial score (nSPS) is 20.3. The van der Waals surface area contributed by atoms with Crippen LogP contribution in [0.2, 0.25) is 0 Å². The summed E-state index contributed by atoms with van der Waals surface area (Å²) in [6.45, 7) is 2.76. The van der Waals surface area contributed by atoms with Crippen molar-refractivity contribution in [3.05, 3.63) is 18.0 Å². The molecule has 0 aliphatic carbocycles. The minimum absolute atomic E-state index is 0.0896. The van der Waals surface area contributed by atoms with E-state index in [0.29, 0.717) is 32.1 Å². The van der Waals surface area contributed by atoms with Crippen LogP contribution in [0.25, 0.3) is 0 Å². The van der Waals surface area contributed by atoms with E-state index in [9.17, 15) is 18.0 Å². The second kappa shape index (κ2) is 8.83.